The average Bonchev–Trinajstić information content (AvgIpc) is 2.54. The van der Waals surface area contributed by atoms with Gasteiger partial charge in [0, 0.05) is 21.9 Å². The molecule has 2 N–H and O–H groups in total. The average molecular weight is 445 g/mol. The Morgan fingerprint density at radius 2 is 1.85 bits per heavy atom. The van der Waals surface area contributed by atoms with Crippen molar-refractivity contribution in [2.24, 2.45) is 0 Å². The molecule has 0 aliphatic heterocycles. The Morgan fingerprint density at radius 3 is 2.37 bits per heavy atom. The van der Waals surface area contributed by atoms with Gasteiger partial charge in [-0.1, -0.05) is 28.9 Å². The van der Waals surface area contributed by atoms with Crippen LogP contribution in [0.3, 0.4) is 0 Å². The molecule has 4 nitrogen and oxygen atoms in total. The Balaban J connectivity index is 2.40. The van der Waals surface area contributed by atoms with E-state index < -0.39 is 12.0 Å². The fraction of sp³-hybridized carbons (Fsp3) is 0.316. The van der Waals surface area contributed by atoms with Crippen molar-refractivity contribution in [2.45, 2.75) is 39.2 Å². The summed E-state index contributed by atoms with van der Waals surface area (Å²) in [5.74, 6) is 0.161. The third-order valence-corrected chi connectivity index (χ3v) is 4.30. The summed E-state index contributed by atoms with van der Waals surface area (Å²) in [4.78, 5) is 4.33. The highest BCUT2D eigenvalue weighted by molar-refractivity contribution is 9.15. The number of aliphatic hydroxyl groups is 1. The SMILES string of the molecule is CC/C=C(\Br)c1c(C(C)(C)O)ccnc1Nc1ccc(OC(F)(F)F)cc1. The van der Waals surface area contributed by atoms with Crippen molar-refractivity contribution in [1.82, 2.24) is 4.98 Å². The standard InChI is InChI=1S/C19H20BrF3N2O2/c1-4-5-15(20)16-14(18(2,3)26)10-11-24-17(16)25-12-6-8-13(9-7-12)27-19(21,22)23/h5-11,26H,4H2,1-3H3,(H,24,25)/b15-5-. The number of alkyl halides is 3. The zero-order valence-corrected chi connectivity index (χ0v) is 16.6. The minimum atomic E-state index is -4.74. The van der Waals surface area contributed by atoms with Crippen molar-refractivity contribution in [1.29, 1.82) is 0 Å². The summed E-state index contributed by atoms with van der Waals surface area (Å²) < 4.78 is 41.5. The maximum absolute atomic E-state index is 12.3. The molecule has 0 amide bonds. The Bertz CT molecular complexity index is 813. The fourth-order valence-corrected chi connectivity index (χ4v) is 3.19. The van der Waals surface area contributed by atoms with E-state index in [2.05, 4.69) is 31.0 Å². The van der Waals surface area contributed by atoms with Gasteiger partial charge in [0.15, 0.2) is 0 Å². The number of allylic oxidation sites excluding steroid dienone is 1. The first kappa shape index (κ1) is 21.2. The molecule has 2 rings (SSSR count). The molecule has 0 spiro atoms. The predicted molar refractivity (Wildman–Crippen MR) is 103 cm³/mol. The summed E-state index contributed by atoms with van der Waals surface area (Å²) in [6.07, 6.45) is -0.464. The van der Waals surface area contributed by atoms with E-state index in [0.717, 1.165) is 10.9 Å². The van der Waals surface area contributed by atoms with E-state index in [-0.39, 0.29) is 5.75 Å². The van der Waals surface area contributed by atoms with Gasteiger partial charge in [0.1, 0.15) is 11.6 Å². The van der Waals surface area contributed by atoms with Crippen LogP contribution in [-0.4, -0.2) is 16.5 Å². The summed E-state index contributed by atoms with van der Waals surface area (Å²) in [7, 11) is 0. The zero-order chi connectivity index (χ0) is 20.2. The minimum Gasteiger partial charge on any atom is -0.406 e. The number of benzene rings is 1. The van der Waals surface area contributed by atoms with E-state index >= 15 is 0 Å². The van der Waals surface area contributed by atoms with Crippen molar-refractivity contribution in [3.8, 4) is 5.75 Å². The Labute approximate surface area is 164 Å². The third-order valence-electron chi connectivity index (χ3n) is 3.58. The molecule has 1 aromatic heterocycles. The highest BCUT2D eigenvalue weighted by atomic mass is 79.9. The summed E-state index contributed by atoms with van der Waals surface area (Å²) in [6, 6.07) is 7.07. The second-order valence-electron chi connectivity index (χ2n) is 6.30. The second-order valence-corrected chi connectivity index (χ2v) is 7.15. The lowest BCUT2D eigenvalue weighted by Gasteiger charge is -2.23. The van der Waals surface area contributed by atoms with Crippen molar-refractivity contribution >= 4 is 31.9 Å². The number of rotatable bonds is 6. The normalized spacial score (nSPS) is 12.8. The molecule has 0 aliphatic carbocycles. The molecular weight excluding hydrogens is 425 g/mol. The molecule has 0 atom stereocenters. The molecule has 27 heavy (non-hydrogen) atoms. The van der Waals surface area contributed by atoms with Gasteiger partial charge in [-0.05, 0) is 56.2 Å². The number of nitrogens with one attached hydrogen (secondary N) is 1. The highest BCUT2D eigenvalue weighted by Crippen LogP contribution is 2.37. The van der Waals surface area contributed by atoms with Gasteiger partial charge < -0.3 is 15.2 Å². The molecule has 146 valence electrons. The van der Waals surface area contributed by atoms with Crippen LogP contribution < -0.4 is 10.1 Å². The number of aromatic nitrogens is 1. The van der Waals surface area contributed by atoms with Gasteiger partial charge in [0.05, 0.1) is 5.60 Å². The van der Waals surface area contributed by atoms with Crippen LogP contribution in [0.4, 0.5) is 24.7 Å². The zero-order valence-electron chi connectivity index (χ0n) is 15.1. The molecule has 0 saturated heterocycles. The summed E-state index contributed by atoms with van der Waals surface area (Å²) >= 11 is 3.52. The lowest BCUT2D eigenvalue weighted by atomic mass is 9.93. The highest BCUT2D eigenvalue weighted by Gasteiger charge is 2.31. The van der Waals surface area contributed by atoms with Crippen LogP contribution in [-0.2, 0) is 5.60 Å². The molecule has 0 bridgehead atoms. The molecule has 2 aromatic rings. The third kappa shape index (κ3) is 5.97. The molecular formula is C19H20BrF3N2O2. The number of hydrogen-bond acceptors (Lipinski definition) is 4. The van der Waals surface area contributed by atoms with E-state index in [1.807, 2.05) is 13.0 Å². The Hall–Kier alpha value is -2.06. The number of halogens is 4. The molecule has 0 saturated carbocycles. The summed E-state index contributed by atoms with van der Waals surface area (Å²) in [6.45, 7) is 5.32. The van der Waals surface area contributed by atoms with Crippen LogP contribution in [0.5, 0.6) is 5.75 Å². The predicted octanol–water partition coefficient (Wildman–Crippen LogP) is 6.10. The second kappa shape index (κ2) is 8.31. The van der Waals surface area contributed by atoms with E-state index in [1.165, 1.54) is 24.3 Å². The van der Waals surface area contributed by atoms with Gasteiger partial charge in [0.2, 0.25) is 0 Å². The lowest BCUT2D eigenvalue weighted by molar-refractivity contribution is -0.274. The molecule has 0 radical (unpaired) electrons. The van der Waals surface area contributed by atoms with Gasteiger partial charge in [-0.3, -0.25) is 0 Å². The van der Waals surface area contributed by atoms with E-state index in [0.29, 0.717) is 22.6 Å². The number of hydrogen-bond donors (Lipinski definition) is 2. The number of nitrogens with zero attached hydrogens (tertiary/aromatic N) is 1. The Morgan fingerprint density at radius 1 is 1.22 bits per heavy atom. The van der Waals surface area contributed by atoms with Crippen LogP contribution in [0.25, 0.3) is 4.48 Å². The quantitative estimate of drug-likeness (QED) is 0.565. The number of pyridine rings is 1. The number of ether oxygens (including phenoxy) is 1. The minimum absolute atomic E-state index is 0.307. The maximum Gasteiger partial charge on any atom is 0.573 e. The molecule has 1 heterocycles. The van der Waals surface area contributed by atoms with E-state index in [4.69, 9.17) is 0 Å². The van der Waals surface area contributed by atoms with Crippen molar-refractivity contribution in [3.63, 3.8) is 0 Å². The van der Waals surface area contributed by atoms with E-state index in [1.54, 1.807) is 26.1 Å². The topological polar surface area (TPSA) is 54.4 Å². The first-order valence-electron chi connectivity index (χ1n) is 8.22. The van der Waals surface area contributed by atoms with Crippen molar-refractivity contribution < 1.29 is 23.0 Å². The largest absolute Gasteiger partial charge is 0.573 e. The van der Waals surface area contributed by atoms with Gasteiger partial charge in [-0.15, -0.1) is 13.2 Å². The van der Waals surface area contributed by atoms with Crippen LogP contribution >= 0.6 is 15.9 Å². The van der Waals surface area contributed by atoms with Crippen LogP contribution in [0.15, 0.2) is 42.6 Å². The smallest absolute Gasteiger partial charge is 0.406 e. The molecule has 1 aromatic carbocycles. The molecule has 8 heteroatoms. The number of anilines is 2. The van der Waals surface area contributed by atoms with E-state index in [9.17, 15) is 18.3 Å². The first-order valence-corrected chi connectivity index (χ1v) is 9.01. The Kier molecular flexibility index (Phi) is 6.54. The van der Waals surface area contributed by atoms with Gasteiger partial charge >= 0.3 is 6.36 Å². The maximum atomic E-state index is 12.3. The summed E-state index contributed by atoms with van der Waals surface area (Å²) in [5.41, 5.74) is 0.763. The lowest BCUT2D eigenvalue weighted by Crippen LogP contribution is -2.19. The monoisotopic (exact) mass is 444 g/mol. The molecule has 0 aliphatic rings. The van der Waals surface area contributed by atoms with Crippen LogP contribution in [0.2, 0.25) is 0 Å². The van der Waals surface area contributed by atoms with Crippen molar-refractivity contribution in [3.05, 3.63) is 53.7 Å². The molecule has 0 fully saturated rings. The van der Waals surface area contributed by atoms with Gasteiger partial charge in [-0.25, -0.2) is 4.98 Å². The van der Waals surface area contributed by atoms with Crippen LogP contribution in [0.1, 0.15) is 38.3 Å². The fourth-order valence-electron chi connectivity index (χ4n) is 2.47. The van der Waals surface area contributed by atoms with Gasteiger partial charge in [0.25, 0.3) is 0 Å². The van der Waals surface area contributed by atoms with Gasteiger partial charge in [-0.2, -0.15) is 0 Å². The molecule has 0 unspecified atom stereocenters. The first-order chi connectivity index (χ1) is 12.5. The summed E-state index contributed by atoms with van der Waals surface area (Å²) in [5, 5.41) is 13.6. The van der Waals surface area contributed by atoms with Crippen molar-refractivity contribution in [2.75, 3.05) is 5.32 Å². The van der Waals surface area contributed by atoms with Crippen LogP contribution in [0, 0.1) is 0 Å².